The van der Waals surface area contributed by atoms with Crippen LogP contribution >= 0.6 is 12.2 Å². The Morgan fingerprint density at radius 3 is 2.50 bits per heavy atom. The lowest BCUT2D eigenvalue weighted by molar-refractivity contribution is 0.232. The van der Waals surface area contributed by atoms with Crippen LogP contribution in [0.3, 0.4) is 0 Å². The minimum Gasteiger partial charge on any atom is -0.395 e. The Labute approximate surface area is 123 Å². The Bertz CT molecular complexity index is 615. The molecule has 0 saturated carbocycles. The number of fused-ring (bicyclic) bond motifs is 1. The summed E-state index contributed by atoms with van der Waals surface area (Å²) in [4.78, 5) is 2.03. The molecule has 0 spiro atoms. The van der Waals surface area contributed by atoms with Crippen LogP contribution in [0.2, 0.25) is 0 Å². The van der Waals surface area contributed by atoms with E-state index >= 15 is 0 Å². The predicted octanol–water partition coefficient (Wildman–Crippen LogP) is 2.78. The van der Waals surface area contributed by atoms with Gasteiger partial charge in [0.05, 0.1) is 12.6 Å². The Morgan fingerprint density at radius 2 is 1.75 bits per heavy atom. The van der Waals surface area contributed by atoms with Gasteiger partial charge in [0.25, 0.3) is 0 Å². The molecule has 1 aliphatic rings. The molecule has 1 atom stereocenters. The fraction of sp³-hybridized carbons (Fsp3) is 0.188. The fourth-order valence-corrected chi connectivity index (χ4v) is 2.96. The highest BCUT2D eigenvalue weighted by molar-refractivity contribution is 7.80. The molecule has 3 nitrogen and oxygen atoms in total. The van der Waals surface area contributed by atoms with Gasteiger partial charge in [-0.05, 0) is 23.8 Å². The second kappa shape index (κ2) is 5.61. The zero-order valence-electron chi connectivity index (χ0n) is 11.0. The summed E-state index contributed by atoms with van der Waals surface area (Å²) in [6, 6.07) is 18.5. The van der Waals surface area contributed by atoms with Gasteiger partial charge >= 0.3 is 0 Å². The first kappa shape index (κ1) is 13.1. The number of hydrogen-bond acceptors (Lipinski definition) is 2. The highest BCUT2D eigenvalue weighted by Crippen LogP contribution is 2.37. The molecule has 1 heterocycles. The zero-order valence-corrected chi connectivity index (χ0v) is 11.8. The molecule has 20 heavy (non-hydrogen) atoms. The summed E-state index contributed by atoms with van der Waals surface area (Å²) in [5.74, 6) is 0. The number of nitrogens with one attached hydrogen (secondary N) is 1. The minimum atomic E-state index is 0.0494. The standard InChI is InChI=1S/C16H16N2OS/c19-11-10-18-15(12-6-2-1-3-7-12)13-8-4-5-9-14(13)17-16(18)20/h1-9,15,19H,10-11H2,(H,17,20). The molecule has 2 N–H and O–H groups in total. The van der Waals surface area contributed by atoms with Gasteiger partial charge in [-0.2, -0.15) is 0 Å². The van der Waals surface area contributed by atoms with Crippen LogP contribution in [0.4, 0.5) is 5.69 Å². The second-order valence-electron chi connectivity index (χ2n) is 4.75. The molecule has 2 aromatic carbocycles. The molecule has 0 fully saturated rings. The number of hydrogen-bond donors (Lipinski definition) is 2. The van der Waals surface area contributed by atoms with E-state index in [0.29, 0.717) is 11.7 Å². The number of rotatable bonds is 3. The summed E-state index contributed by atoms with van der Waals surface area (Å²) >= 11 is 5.45. The van der Waals surface area contributed by atoms with Crippen LogP contribution in [-0.2, 0) is 0 Å². The molecule has 102 valence electrons. The van der Waals surface area contributed by atoms with Crippen molar-refractivity contribution >= 4 is 23.0 Å². The molecule has 0 aromatic heterocycles. The lowest BCUT2D eigenvalue weighted by Crippen LogP contribution is -2.43. The van der Waals surface area contributed by atoms with E-state index < -0.39 is 0 Å². The van der Waals surface area contributed by atoms with Gasteiger partial charge in [-0.25, -0.2) is 0 Å². The quantitative estimate of drug-likeness (QED) is 0.850. The van der Waals surface area contributed by atoms with E-state index in [4.69, 9.17) is 12.2 Å². The van der Waals surface area contributed by atoms with E-state index in [-0.39, 0.29) is 12.6 Å². The van der Waals surface area contributed by atoms with Gasteiger partial charge in [0.15, 0.2) is 5.11 Å². The molecule has 0 amide bonds. The molecular formula is C16H16N2OS. The van der Waals surface area contributed by atoms with Gasteiger partial charge in [0, 0.05) is 17.8 Å². The lowest BCUT2D eigenvalue weighted by Gasteiger charge is -2.39. The number of β-amino-alcohol motifs (C(OH)–C–C–N with tert-alkyl or cyclic N) is 1. The first-order valence-corrected chi connectivity index (χ1v) is 7.04. The summed E-state index contributed by atoms with van der Waals surface area (Å²) in [5.41, 5.74) is 3.40. The minimum absolute atomic E-state index is 0.0494. The van der Waals surface area contributed by atoms with Crippen molar-refractivity contribution in [1.82, 2.24) is 4.90 Å². The number of para-hydroxylation sites is 1. The van der Waals surface area contributed by atoms with Crippen LogP contribution in [0.5, 0.6) is 0 Å². The maximum absolute atomic E-state index is 9.32. The van der Waals surface area contributed by atoms with E-state index in [1.54, 1.807) is 0 Å². The average molecular weight is 284 g/mol. The molecule has 1 unspecified atom stereocenters. The third-order valence-corrected chi connectivity index (χ3v) is 3.86. The molecule has 3 rings (SSSR count). The van der Waals surface area contributed by atoms with Crippen molar-refractivity contribution in [2.45, 2.75) is 6.04 Å². The van der Waals surface area contributed by atoms with Crippen molar-refractivity contribution in [2.24, 2.45) is 0 Å². The van der Waals surface area contributed by atoms with Crippen molar-refractivity contribution in [1.29, 1.82) is 0 Å². The van der Waals surface area contributed by atoms with Crippen LogP contribution in [0.25, 0.3) is 0 Å². The van der Waals surface area contributed by atoms with Gasteiger partial charge in [0.1, 0.15) is 0 Å². The highest BCUT2D eigenvalue weighted by Gasteiger charge is 2.30. The van der Waals surface area contributed by atoms with Gasteiger partial charge in [-0.1, -0.05) is 48.5 Å². The van der Waals surface area contributed by atoms with E-state index in [1.165, 1.54) is 11.1 Å². The monoisotopic (exact) mass is 284 g/mol. The maximum atomic E-state index is 9.32. The summed E-state index contributed by atoms with van der Waals surface area (Å²) < 4.78 is 0. The van der Waals surface area contributed by atoms with Crippen LogP contribution in [0, 0.1) is 0 Å². The van der Waals surface area contributed by atoms with E-state index in [1.807, 2.05) is 41.3 Å². The molecular weight excluding hydrogens is 268 g/mol. The molecule has 4 heteroatoms. The number of nitrogens with zero attached hydrogens (tertiary/aromatic N) is 1. The van der Waals surface area contributed by atoms with Crippen molar-refractivity contribution in [3.8, 4) is 0 Å². The number of aliphatic hydroxyl groups excluding tert-OH is 1. The Hall–Kier alpha value is -1.91. The number of aliphatic hydroxyl groups is 1. The van der Waals surface area contributed by atoms with Gasteiger partial charge in [0.2, 0.25) is 0 Å². The topological polar surface area (TPSA) is 35.5 Å². The first-order chi connectivity index (χ1) is 9.81. The Kier molecular flexibility index (Phi) is 3.67. The van der Waals surface area contributed by atoms with E-state index in [0.717, 1.165) is 5.69 Å². The number of thiocarbonyl (C=S) groups is 1. The molecule has 0 saturated heterocycles. The Morgan fingerprint density at radius 1 is 1.05 bits per heavy atom. The van der Waals surface area contributed by atoms with Crippen LogP contribution in [0.15, 0.2) is 54.6 Å². The van der Waals surface area contributed by atoms with Crippen LogP contribution < -0.4 is 5.32 Å². The third kappa shape index (κ3) is 2.28. The predicted molar refractivity (Wildman–Crippen MR) is 84.7 cm³/mol. The zero-order chi connectivity index (χ0) is 13.9. The van der Waals surface area contributed by atoms with Crippen molar-refractivity contribution in [2.75, 3.05) is 18.5 Å². The van der Waals surface area contributed by atoms with Crippen LogP contribution in [-0.4, -0.2) is 28.3 Å². The third-order valence-electron chi connectivity index (χ3n) is 3.53. The molecule has 0 aliphatic carbocycles. The molecule has 0 bridgehead atoms. The van der Waals surface area contributed by atoms with Gasteiger partial charge in [-0.15, -0.1) is 0 Å². The number of benzene rings is 2. The number of anilines is 1. The van der Waals surface area contributed by atoms with Crippen molar-refractivity contribution in [3.63, 3.8) is 0 Å². The molecule has 0 radical (unpaired) electrons. The summed E-state index contributed by atoms with van der Waals surface area (Å²) in [7, 11) is 0. The SMILES string of the molecule is OCCN1C(=S)Nc2ccccc2C1c1ccccc1. The van der Waals surface area contributed by atoms with E-state index in [2.05, 4.69) is 23.5 Å². The maximum Gasteiger partial charge on any atom is 0.174 e. The van der Waals surface area contributed by atoms with Gasteiger partial charge < -0.3 is 15.3 Å². The summed E-state index contributed by atoms with van der Waals surface area (Å²) in [6.07, 6.45) is 0. The van der Waals surface area contributed by atoms with Gasteiger partial charge in [-0.3, -0.25) is 0 Å². The smallest absolute Gasteiger partial charge is 0.174 e. The Balaban J connectivity index is 2.12. The van der Waals surface area contributed by atoms with Crippen molar-refractivity contribution in [3.05, 3.63) is 65.7 Å². The van der Waals surface area contributed by atoms with E-state index in [9.17, 15) is 5.11 Å². The largest absolute Gasteiger partial charge is 0.395 e. The second-order valence-corrected chi connectivity index (χ2v) is 5.13. The first-order valence-electron chi connectivity index (χ1n) is 6.63. The average Bonchev–Trinajstić information content (AvgIpc) is 2.49. The molecule has 2 aromatic rings. The normalized spacial score (nSPS) is 17.6. The fourth-order valence-electron chi connectivity index (χ4n) is 2.65. The summed E-state index contributed by atoms with van der Waals surface area (Å²) in [6.45, 7) is 0.590. The molecule has 1 aliphatic heterocycles. The van der Waals surface area contributed by atoms with Crippen LogP contribution in [0.1, 0.15) is 17.2 Å². The lowest BCUT2D eigenvalue weighted by atomic mass is 9.94. The highest BCUT2D eigenvalue weighted by atomic mass is 32.1. The van der Waals surface area contributed by atoms with Crippen molar-refractivity contribution < 1.29 is 5.11 Å². The summed E-state index contributed by atoms with van der Waals surface area (Å²) in [5, 5.41) is 13.2.